The molecule has 1 saturated heterocycles. The first-order valence-corrected chi connectivity index (χ1v) is 11.6. The molecule has 32 heavy (non-hydrogen) atoms. The summed E-state index contributed by atoms with van der Waals surface area (Å²) >= 11 is 0. The minimum atomic E-state index is -0.269. The fourth-order valence-corrected chi connectivity index (χ4v) is 4.64. The Morgan fingerprint density at radius 1 is 0.938 bits per heavy atom. The van der Waals surface area contributed by atoms with Crippen molar-refractivity contribution in [2.45, 2.75) is 53.5 Å². The fraction of sp³-hybridized carbons (Fsp3) is 0.407. The lowest BCUT2D eigenvalue weighted by Gasteiger charge is -2.32. The molecule has 0 aromatic heterocycles. The van der Waals surface area contributed by atoms with Crippen LogP contribution in [-0.2, 0) is 9.59 Å². The van der Waals surface area contributed by atoms with Gasteiger partial charge in [0.05, 0.1) is 5.57 Å². The summed E-state index contributed by atoms with van der Waals surface area (Å²) in [5.41, 5.74) is 5.73. The first kappa shape index (κ1) is 22.1. The van der Waals surface area contributed by atoms with Crippen molar-refractivity contribution >= 4 is 28.8 Å². The second-order valence-electron chi connectivity index (χ2n) is 9.48. The van der Waals surface area contributed by atoms with Gasteiger partial charge in [-0.25, -0.2) is 0 Å². The van der Waals surface area contributed by atoms with E-state index >= 15 is 0 Å². The molecule has 2 aliphatic rings. The highest BCUT2D eigenvalue weighted by atomic mass is 16.2. The SMILES string of the molecule is Cc1ccc(C2=C(Nc3ccc(N4CCC(C)CC4)cc3)C(=O)N(C(C)C)C2=O)c(C)c1. The van der Waals surface area contributed by atoms with Crippen LogP contribution in [0.2, 0.25) is 0 Å². The summed E-state index contributed by atoms with van der Waals surface area (Å²) in [4.78, 5) is 30.3. The summed E-state index contributed by atoms with van der Waals surface area (Å²) in [6.07, 6.45) is 2.43. The second kappa shape index (κ2) is 8.81. The van der Waals surface area contributed by atoms with Gasteiger partial charge in [-0.3, -0.25) is 14.5 Å². The lowest BCUT2D eigenvalue weighted by molar-refractivity contribution is -0.138. The topological polar surface area (TPSA) is 52.7 Å². The summed E-state index contributed by atoms with van der Waals surface area (Å²) in [6, 6.07) is 13.9. The third kappa shape index (κ3) is 4.16. The number of anilines is 2. The van der Waals surface area contributed by atoms with Crippen LogP contribution in [0.25, 0.3) is 5.57 Å². The molecule has 0 radical (unpaired) electrons. The molecule has 5 nitrogen and oxygen atoms in total. The Labute approximate surface area is 191 Å². The van der Waals surface area contributed by atoms with E-state index in [-0.39, 0.29) is 17.9 Å². The van der Waals surface area contributed by atoms with Crippen molar-refractivity contribution in [3.63, 3.8) is 0 Å². The van der Waals surface area contributed by atoms with Crippen LogP contribution in [0, 0.1) is 19.8 Å². The normalized spacial score (nSPS) is 17.7. The van der Waals surface area contributed by atoms with Crippen LogP contribution in [0.3, 0.4) is 0 Å². The van der Waals surface area contributed by atoms with Gasteiger partial charge in [-0.05, 0) is 81.8 Å². The van der Waals surface area contributed by atoms with Crippen LogP contribution in [0.4, 0.5) is 11.4 Å². The zero-order chi connectivity index (χ0) is 23.0. The quantitative estimate of drug-likeness (QED) is 0.666. The Hall–Kier alpha value is -3.08. The van der Waals surface area contributed by atoms with Gasteiger partial charge < -0.3 is 10.2 Å². The number of benzene rings is 2. The molecule has 2 heterocycles. The van der Waals surface area contributed by atoms with Gasteiger partial charge in [0.15, 0.2) is 0 Å². The highest BCUT2D eigenvalue weighted by molar-refractivity contribution is 6.36. The number of aryl methyl sites for hydroxylation is 2. The van der Waals surface area contributed by atoms with E-state index in [9.17, 15) is 9.59 Å². The maximum Gasteiger partial charge on any atom is 0.278 e. The Bertz CT molecular complexity index is 1060. The van der Waals surface area contributed by atoms with Gasteiger partial charge in [0.1, 0.15) is 5.70 Å². The predicted molar refractivity (Wildman–Crippen MR) is 131 cm³/mol. The fourth-order valence-electron chi connectivity index (χ4n) is 4.64. The molecule has 2 aliphatic heterocycles. The number of imide groups is 1. The summed E-state index contributed by atoms with van der Waals surface area (Å²) in [6.45, 7) is 12.2. The summed E-state index contributed by atoms with van der Waals surface area (Å²) in [7, 11) is 0. The molecule has 0 spiro atoms. The lowest BCUT2D eigenvalue weighted by Crippen LogP contribution is -2.38. The zero-order valence-electron chi connectivity index (χ0n) is 19.7. The average molecular weight is 432 g/mol. The standard InChI is InChI=1S/C27H33N3O2/c1-17(2)30-26(31)24(23-11-6-19(4)16-20(23)5)25(27(30)32)28-21-7-9-22(10-8-21)29-14-12-18(3)13-15-29/h6-11,16-18,28H,12-15H2,1-5H3. The molecular weight excluding hydrogens is 398 g/mol. The van der Waals surface area contributed by atoms with Crippen molar-refractivity contribution in [1.29, 1.82) is 0 Å². The second-order valence-corrected chi connectivity index (χ2v) is 9.48. The van der Waals surface area contributed by atoms with Crippen molar-refractivity contribution in [1.82, 2.24) is 4.90 Å². The predicted octanol–water partition coefficient (Wildman–Crippen LogP) is 5.14. The smallest absolute Gasteiger partial charge is 0.278 e. The third-order valence-corrected chi connectivity index (χ3v) is 6.57. The molecule has 1 N–H and O–H groups in total. The van der Waals surface area contributed by atoms with E-state index in [1.54, 1.807) is 0 Å². The molecule has 4 rings (SSSR count). The monoisotopic (exact) mass is 431 g/mol. The van der Waals surface area contributed by atoms with E-state index in [4.69, 9.17) is 0 Å². The van der Waals surface area contributed by atoms with Crippen molar-refractivity contribution in [2.24, 2.45) is 5.92 Å². The van der Waals surface area contributed by atoms with E-state index in [2.05, 4.69) is 29.3 Å². The molecule has 168 valence electrons. The molecule has 1 fully saturated rings. The zero-order valence-corrected chi connectivity index (χ0v) is 19.7. The number of nitrogens with one attached hydrogen (secondary N) is 1. The first-order chi connectivity index (χ1) is 15.3. The Balaban J connectivity index is 1.66. The minimum absolute atomic E-state index is 0.209. The van der Waals surface area contributed by atoms with E-state index < -0.39 is 0 Å². The van der Waals surface area contributed by atoms with Crippen molar-refractivity contribution < 1.29 is 9.59 Å². The number of rotatable bonds is 5. The van der Waals surface area contributed by atoms with Crippen LogP contribution in [0.15, 0.2) is 48.2 Å². The highest BCUT2D eigenvalue weighted by Crippen LogP contribution is 2.34. The molecule has 0 saturated carbocycles. The first-order valence-electron chi connectivity index (χ1n) is 11.6. The molecule has 0 bridgehead atoms. The van der Waals surface area contributed by atoms with Crippen LogP contribution in [-0.4, -0.2) is 35.8 Å². The van der Waals surface area contributed by atoms with E-state index in [1.807, 2.05) is 58.0 Å². The van der Waals surface area contributed by atoms with Crippen LogP contribution in [0.5, 0.6) is 0 Å². The number of nitrogens with zero attached hydrogens (tertiary/aromatic N) is 2. The molecule has 2 aromatic rings. The largest absolute Gasteiger partial charge is 0.372 e. The van der Waals surface area contributed by atoms with Crippen LogP contribution < -0.4 is 10.2 Å². The van der Waals surface area contributed by atoms with Gasteiger partial charge in [0.2, 0.25) is 0 Å². The maximum absolute atomic E-state index is 13.3. The molecule has 0 atom stereocenters. The number of carbonyl (C=O) groups excluding carboxylic acids is 2. The van der Waals surface area contributed by atoms with E-state index in [0.717, 1.165) is 41.4 Å². The highest BCUT2D eigenvalue weighted by Gasteiger charge is 2.41. The number of hydrogen-bond donors (Lipinski definition) is 1. The van der Waals surface area contributed by atoms with Crippen molar-refractivity contribution in [3.05, 3.63) is 64.9 Å². The maximum atomic E-state index is 13.3. The summed E-state index contributed by atoms with van der Waals surface area (Å²) in [5.74, 6) is 0.283. The van der Waals surface area contributed by atoms with Crippen molar-refractivity contribution in [2.75, 3.05) is 23.3 Å². The molecule has 0 aliphatic carbocycles. The Morgan fingerprint density at radius 3 is 2.19 bits per heavy atom. The van der Waals surface area contributed by atoms with Gasteiger partial charge >= 0.3 is 0 Å². The summed E-state index contributed by atoms with van der Waals surface area (Å²) in [5, 5.41) is 3.28. The van der Waals surface area contributed by atoms with Gasteiger partial charge in [-0.15, -0.1) is 0 Å². The van der Waals surface area contributed by atoms with E-state index in [1.165, 1.54) is 23.4 Å². The summed E-state index contributed by atoms with van der Waals surface area (Å²) < 4.78 is 0. The number of piperidine rings is 1. The van der Waals surface area contributed by atoms with Gasteiger partial charge in [-0.1, -0.05) is 30.7 Å². The average Bonchev–Trinajstić information content (AvgIpc) is 2.99. The van der Waals surface area contributed by atoms with Crippen LogP contribution in [0.1, 0.15) is 50.3 Å². The van der Waals surface area contributed by atoms with E-state index in [0.29, 0.717) is 11.3 Å². The van der Waals surface area contributed by atoms with Gasteiger partial charge in [0, 0.05) is 30.5 Å². The molecule has 0 unspecified atom stereocenters. The number of hydrogen-bond acceptors (Lipinski definition) is 4. The van der Waals surface area contributed by atoms with Crippen LogP contribution >= 0.6 is 0 Å². The molecule has 2 aromatic carbocycles. The van der Waals surface area contributed by atoms with Gasteiger partial charge in [0.25, 0.3) is 11.8 Å². The molecule has 5 heteroatoms. The Morgan fingerprint density at radius 2 is 1.59 bits per heavy atom. The lowest BCUT2D eigenvalue weighted by atomic mass is 9.97. The number of amides is 2. The van der Waals surface area contributed by atoms with Gasteiger partial charge in [-0.2, -0.15) is 0 Å². The van der Waals surface area contributed by atoms with Crippen molar-refractivity contribution in [3.8, 4) is 0 Å². The minimum Gasteiger partial charge on any atom is -0.372 e. The molecule has 2 amide bonds. The number of carbonyl (C=O) groups is 2. The third-order valence-electron chi connectivity index (χ3n) is 6.57. The Kier molecular flexibility index (Phi) is 6.09. The molecular formula is C27H33N3O2.